The molecule has 1 heterocycles. The van der Waals surface area contributed by atoms with Crippen LogP contribution in [0.25, 0.3) is 0 Å². The summed E-state index contributed by atoms with van der Waals surface area (Å²) in [6, 6.07) is 13.0. The summed E-state index contributed by atoms with van der Waals surface area (Å²) in [4.78, 5) is 4.69. The smallest absolute Gasteiger partial charge is 0.126 e. The number of aromatic nitrogens is 1. The maximum Gasteiger partial charge on any atom is 0.126 e. The third-order valence-electron chi connectivity index (χ3n) is 3.73. The Labute approximate surface area is 114 Å². The number of hydrogen-bond acceptors (Lipinski definition) is 2. The monoisotopic (exact) mass is 252 g/mol. The number of aryl methyl sites for hydroxylation is 3. The van der Waals surface area contributed by atoms with Crippen molar-refractivity contribution in [3.8, 4) is 0 Å². The average Bonchev–Trinajstić information content (AvgIpc) is 2.86. The molecular weight excluding hydrogens is 232 g/mol. The molecule has 0 bridgehead atoms. The van der Waals surface area contributed by atoms with Crippen LogP contribution in [0.1, 0.15) is 28.8 Å². The number of nitrogens with zero attached hydrogens (tertiary/aromatic N) is 1. The van der Waals surface area contributed by atoms with Gasteiger partial charge in [-0.1, -0.05) is 35.9 Å². The van der Waals surface area contributed by atoms with Crippen LogP contribution in [-0.2, 0) is 19.3 Å². The van der Waals surface area contributed by atoms with Crippen LogP contribution in [0.4, 0.5) is 5.82 Å². The summed E-state index contributed by atoms with van der Waals surface area (Å²) in [7, 11) is 0. The number of anilines is 1. The molecule has 0 saturated carbocycles. The lowest BCUT2D eigenvalue weighted by Gasteiger charge is -2.08. The lowest BCUT2D eigenvalue weighted by atomic mass is 10.1. The van der Waals surface area contributed by atoms with E-state index < -0.39 is 0 Å². The SMILES string of the molecule is Cc1cccc(CCNc2ccc3c(n2)CCC3)c1. The van der Waals surface area contributed by atoms with Gasteiger partial charge in [0, 0.05) is 12.2 Å². The Balaban J connectivity index is 1.58. The second-order valence-electron chi connectivity index (χ2n) is 5.32. The molecule has 0 unspecified atom stereocenters. The summed E-state index contributed by atoms with van der Waals surface area (Å²) in [6.45, 7) is 3.08. The second-order valence-corrected chi connectivity index (χ2v) is 5.32. The highest BCUT2D eigenvalue weighted by Crippen LogP contribution is 2.21. The van der Waals surface area contributed by atoms with Crippen molar-refractivity contribution in [1.29, 1.82) is 0 Å². The lowest BCUT2D eigenvalue weighted by molar-refractivity contribution is 0.898. The molecule has 3 rings (SSSR count). The Morgan fingerprint density at radius 3 is 3.00 bits per heavy atom. The fraction of sp³-hybridized carbons (Fsp3) is 0.353. The van der Waals surface area contributed by atoms with Crippen molar-refractivity contribution in [2.24, 2.45) is 0 Å². The van der Waals surface area contributed by atoms with Crippen LogP contribution in [0.2, 0.25) is 0 Å². The van der Waals surface area contributed by atoms with Gasteiger partial charge in [-0.15, -0.1) is 0 Å². The number of fused-ring (bicyclic) bond motifs is 1. The van der Waals surface area contributed by atoms with E-state index in [-0.39, 0.29) is 0 Å². The van der Waals surface area contributed by atoms with Crippen LogP contribution in [0.15, 0.2) is 36.4 Å². The van der Waals surface area contributed by atoms with Crippen molar-refractivity contribution in [2.75, 3.05) is 11.9 Å². The first-order valence-corrected chi connectivity index (χ1v) is 7.09. The van der Waals surface area contributed by atoms with E-state index in [1.54, 1.807) is 0 Å². The molecule has 2 heteroatoms. The molecule has 0 radical (unpaired) electrons. The minimum absolute atomic E-state index is 0.940. The summed E-state index contributed by atoms with van der Waals surface area (Å²) < 4.78 is 0. The molecule has 1 aliphatic carbocycles. The molecule has 0 spiro atoms. The highest BCUT2D eigenvalue weighted by Gasteiger charge is 2.11. The van der Waals surface area contributed by atoms with Gasteiger partial charge in [-0.25, -0.2) is 4.98 Å². The largest absolute Gasteiger partial charge is 0.370 e. The topological polar surface area (TPSA) is 24.9 Å². The van der Waals surface area contributed by atoms with Gasteiger partial charge in [0.15, 0.2) is 0 Å². The normalized spacial score (nSPS) is 13.3. The van der Waals surface area contributed by atoms with Gasteiger partial charge in [0.1, 0.15) is 5.82 Å². The van der Waals surface area contributed by atoms with Crippen LogP contribution in [0.5, 0.6) is 0 Å². The van der Waals surface area contributed by atoms with Gasteiger partial charge in [-0.3, -0.25) is 0 Å². The fourth-order valence-corrected chi connectivity index (χ4v) is 2.72. The summed E-state index contributed by atoms with van der Waals surface area (Å²) in [5.41, 5.74) is 5.44. The zero-order valence-electron chi connectivity index (χ0n) is 11.4. The fourth-order valence-electron chi connectivity index (χ4n) is 2.72. The van der Waals surface area contributed by atoms with Gasteiger partial charge in [0.25, 0.3) is 0 Å². The Bertz CT molecular complexity index is 575. The first-order valence-electron chi connectivity index (χ1n) is 7.09. The minimum Gasteiger partial charge on any atom is -0.370 e. The maximum absolute atomic E-state index is 4.69. The van der Waals surface area contributed by atoms with E-state index in [9.17, 15) is 0 Å². The molecule has 0 saturated heterocycles. The highest BCUT2D eigenvalue weighted by atomic mass is 15.0. The minimum atomic E-state index is 0.940. The number of hydrogen-bond donors (Lipinski definition) is 1. The van der Waals surface area contributed by atoms with E-state index in [0.717, 1.165) is 25.2 Å². The quantitative estimate of drug-likeness (QED) is 0.900. The molecule has 1 aliphatic rings. The average molecular weight is 252 g/mol. The van der Waals surface area contributed by atoms with Crippen LogP contribution in [0, 0.1) is 6.92 Å². The third kappa shape index (κ3) is 2.95. The second kappa shape index (κ2) is 5.43. The molecule has 1 aromatic heterocycles. The zero-order chi connectivity index (χ0) is 13.1. The highest BCUT2D eigenvalue weighted by molar-refractivity contribution is 5.40. The predicted molar refractivity (Wildman–Crippen MR) is 79.6 cm³/mol. The molecule has 2 nitrogen and oxygen atoms in total. The van der Waals surface area contributed by atoms with E-state index in [1.165, 1.54) is 35.2 Å². The summed E-state index contributed by atoms with van der Waals surface area (Å²) in [5, 5.41) is 3.43. The molecule has 1 aromatic carbocycles. The number of nitrogens with one attached hydrogen (secondary N) is 1. The molecule has 2 aromatic rings. The van der Waals surface area contributed by atoms with Crippen LogP contribution >= 0.6 is 0 Å². The number of benzene rings is 1. The molecule has 0 amide bonds. The van der Waals surface area contributed by atoms with E-state index in [2.05, 4.69) is 48.6 Å². The van der Waals surface area contributed by atoms with Crippen LogP contribution < -0.4 is 5.32 Å². The molecule has 1 N–H and O–H groups in total. The van der Waals surface area contributed by atoms with Crippen LogP contribution in [-0.4, -0.2) is 11.5 Å². The molecule has 0 fully saturated rings. The summed E-state index contributed by atoms with van der Waals surface area (Å²) in [6.07, 6.45) is 4.64. The predicted octanol–water partition coefficient (Wildman–Crippen LogP) is 3.53. The summed E-state index contributed by atoms with van der Waals surface area (Å²) in [5.74, 6) is 1.02. The van der Waals surface area contributed by atoms with E-state index in [1.807, 2.05) is 0 Å². The lowest BCUT2D eigenvalue weighted by Crippen LogP contribution is -2.07. The van der Waals surface area contributed by atoms with Gasteiger partial charge >= 0.3 is 0 Å². The first-order chi connectivity index (χ1) is 9.31. The van der Waals surface area contributed by atoms with Gasteiger partial charge in [0.05, 0.1) is 0 Å². The van der Waals surface area contributed by atoms with Crippen molar-refractivity contribution in [1.82, 2.24) is 4.98 Å². The molecule has 19 heavy (non-hydrogen) atoms. The molecule has 98 valence electrons. The Morgan fingerprint density at radius 2 is 2.11 bits per heavy atom. The van der Waals surface area contributed by atoms with E-state index in [4.69, 9.17) is 4.98 Å². The Kier molecular flexibility index (Phi) is 3.49. The number of rotatable bonds is 4. The van der Waals surface area contributed by atoms with Gasteiger partial charge < -0.3 is 5.32 Å². The standard InChI is InChI=1S/C17H20N2/c1-13-4-2-5-14(12-13)10-11-18-17-9-8-15-6-3-7-16(15)19-17/h2,4-5,8-9,12H,3,6-7,10-11H2,1H3,(H,18,19). The van der Waals surface area contributed by atoms with Gasteiger partial charge in [0.2, 0.25) is 0 Å². The van der Waals surface area contributed by atoms with Crippen molar-refractivity contribution < 1.29 is 0 Å². The first kappa shape index (κ1) is 12.2. The molecule has 0 atom stereocenters. The van der Waals surface area contributed by atoms with Crippen molar-refractivity contribution >= 4 is 5.82 Å². The van der Waals surface area contributed by atoms with Crippen molar-refractivity contribution in [3.63, 3.8) is 0 Å². The van der Waals surface area contributed by atoms with Crippen molar-refractivity contribution in [3.05, 3.63) is 58.8 Å². The zero-order valence-corrected chi connectivity index (χ0v) is 11.4. The third-order valence-corrected chi connectivity index (χ3v) is 3.73. The number of pyridine rings is 1. The maximum atomic E-state index is 4.69. The van der Waals surface area contributed by atoms with Gasteiger partial charge in [-0.05, 0) is 49.8 Å². The Morgan fingerprint density at radius 1 is 1.16 bits per heavy atom. The van der Waals surface area contributed by atoms with Gasteiger partial charge in [-0.2, -0.15) is 0 Å². The molecular formula is C17H20N2. The van der Waals surface area contributed by atoms with E-state index in [0.29, 0.717) is 0 Å². The Hall–Kier alpha value is -1.83. The molecule has 0 aliphatic heterocycles. The summed E-state index contributed by atoms with van der Waals surface area (Å²) >= 11 is 0. The van der Waals surface area contributed by atoms with E-state index >= 15 is 0 Å². The van der Waals surface area contributed by atoms with Crippen molar-refractivity contribution in [2.45, 2.75) is 32.6 Å². The van der Waals surface area contributed by atoms with Crippen LogP contribution in [0.3, 0.4) is 0 Å².